The van der Waals surface area contributed by atoms with E-state index < -0.39 is 0 Å². The SMILES string of the molecule is [2H]c1cc([2H])c(-c2cc([2H])c3c(c2[2H])c2c([2H])c(-c4c([2H])cc([2H])cc4[2H])cc([2H])c2n3-c2ccc(-c3nc(-c4ccccc4)nc(-c4ccccc4)n3)cc2-c2cccc3c2sc2ccccc23)c([2H])c1. The van der Waals surface area contributed by atoms with E-state index in [9.17, 15) is 5.48 Å². The van der Waals surface area contributed by atoms with E-state index in [1.807, 2.05) is 103 Å². The highest BCUT2D eigenvalue weighted by atomic mass is 32.1. The molecule has 0 spiro atoms. The van der Waals surface area contributed by atoms with Crippen molar-refractivity contribution in [2.45, 2.75) is 0 Å². The maximum Gasteiger partial charge on any atom is 0.164 e. The lowest BCUT2D eigenvalue weighted by molar-refractivity contribution is 1.07. The Morgan fingerprint density at radius 1 is 0.387 bits per heavy atom. The van der Waals surface area contributed by atoms with E-state index in [4.69, 9.17) is 23.2 Å². The minimum Gasteiger partial charge on any atom is -0.309 e. The molecule has 62 heavy (non-hydrogen) atoms. The van der Waals surface area contributed by atoms with Crippen LogP contribution in [-0.4, -0.2) is 19.5 Å². The third-order valence-corrected chi connectivity index (χ3v) is 12.2. The molecule has 12 rings (SSSR count). The second-order valence-electron chi connectivity index (χ2n) is 14.7. The highest BCUT2D eigenvalue weighted by molar-refractivity contribution is 7.26. The number of hydrogen-bond donors (Lipinski definition) is 0. The lowest BCUT2D eigenvalue weighted by Gasteiger charge is -2.17. The van der Waals surface area contributed by atoms with Crippen molar-refractivity contribution in [1.82, 2.24) is 19.5 Å². The molecule has 0 saturated heterocycles. The van der Waals surface area contributed by atoms with Gasteiger partial charge < -0.3 is 4.57 Å². The van der Waals surface area contributed by atoms with Crippen LogP contribution in [0.3, 0.4) is 0 Å². The first kappa shape index (κ1) is 27.0. The Kier molecular flexibility index (Phi) is 6.49. The molecule has 0 fully saturated rings. The molecule has 5 heteroatoms. The van der Waals surface area contributed by atoms with Crippen LogP contribution in [0.1, 0.15) is 13.7 Å². The standard InChI is InChI=1S/C57H36N4S/c1-5-16-37(17-6-1)41-28-31-51-48(34-41)49-35-42(38-18-7-2-8-19-38)29-32-52(49)61(51)50-33-30-43(36-47(50)46-26-15-25-45-44-24-13-14-27-53(44)62-54(45)46)57-59-55(39-20-9-3-10-21-39)58-56(60-57)40-22-11-4-12-23-40/h1-36H/i1D,2D,16D,17D,18D,19D,31D,32D,34D,35D. The van der Waals surface area contributed by atoms with Gasteiger partial charge >= 0.3 is 0 Å². The van der Waals surface area contributed by atoms with E-state index in [0.717, 1.165) is 36.9 Å². The monoisotopic (exact) mass is 818 g/mol. The maximum atomic E-state index is 9.97. The lowest BCUT2D eigenvalue weighted by Crippen LogP contribution is -2.02. The summed E-state index contributed by atoms with van der Waals surface area (Å²) in [6.45, 7) is 0. The van der Waals surface area contributed by atoms with E-state index >= 15 is 0 Å². The molecular formula is C57H36N4S. The molecule has 0 aliphatic rings. The van der Waals surface area contributed by atoms with E-state index in [2.05, 4.69) is 18.2 Å². The number of rotatable bonds is 7. The van der Waals surface area contributed by atoms with Crippen molar-refractivity contribution < 1.29 is 13.7 Å². The summed E-state index contributed by atoms with van der Waals surface area (Å²) in [5, 5.41) is 2.30. The highest BCUT2D eigenvalue weighted by Gasteiger charge is 2.22. The maximum absolute atomic E-state index is 9.97. The fourth-order valence-corrected chi connectivity index (χ4v) is 9.37. The van der Waals surface area contributed by atoms with Gasteiger partial charge in [0.25, 0.3) is 0 Å². The topological polar surface area (TPSA) is 43.6 Å². The van der Waals surface area contributed by atoms with Gasteiger partial charge in [-0.2, -0.15) is 0 Å². The molecule has 0 aliphatic heterocycles. The molecule has 9 aromatic carbocycles. The van der Waals surface area contributed by atoms with Crippen LogP contribution < -0.4 is 0 Å². The predicted molar refractivity (Wildman–Crippen MR) is 260 cm³/mol. The summed E-state index contributed by atoms with van der Waals surface area (Å²) in [6, 6.07) is 45.9. The second kappa shape index (κ2) is 14.9. The molecule has 0 amide bonds. The van der Waals surface area contributed by atoms with Gasteiger partial charge in [-0.05, 0) is 70.7 Å². The van der Waals surface area contributed by atoms with Gasteiger partial charge in [-0.15, -0.1) is 11.3 Å². The number of nitrogens with zero attached hydrogens (tertiary/aromatic N) is 4. The van der Waals surface area contributed by atoms with Crippen LogP contribution in [0.25, 0.3) is 115 Å². The van der Waals surface area contributed by atoms with Crippen LogP contribution in [0.2, 0.25) is 0 Å². The third kappa shape index (κ3) is 6.18. The van der Waals surface area contributed by atoms with Crippen molar-refractivity contribution in [1.29, 1.82) is 0 Å². The Morgan fingerprint density at radius 3 is 1.52 bits per heavy atom. The Hall–Kier alpha value is -7.99. The molecule has 0 radical (unpaired) electrons. The average molecular weight is 819 g/mol. The quantitative estimate of drug-likeness (QED) is 0.161. The van der Waals surface area contributed by atoms with Gasteiger partial charge in [0, 0.05) is 58.8 Å². The molecule has 0 atom stereocenters. The first-order chi connectivity index (χ1) is 34.8. The summed E-state index contributed by atoms with van der Waals surface area (Å²) in [4.78, 5) is 15.1. The van der Waals surface area contributed by atoms with Crippen LogP contribution in [0.15, 0.2) is 218 Å². The van der Waals surface area contributed by atoms with Gasteiger partial charge in [0.15, 0.2) is 17.5 Å². The second-order valence-corrected chi connectivity index (χ2v) is 15.8. The van der Waals surface area contributed by atoms with E-state index in [-0.39, 0.29) is 104 Å². The van der Waals surface area contributed by atoms with Crippen molar-refractivity contribution in [3.63, 3.8) is 0 Å². The Labute approximate surface area is 376 Å². The van der Waals surface area contributed by atoms with Gasteiger partial charge in [-0.25, -0.2) is 15.0 Å². The summed E-state index contributed by atoms with van der Waals surface area (Å²) in [6.07, 6.45) is 0. The van der Waals surface area contributed by atoms with Gasteiger partial charge in [0.2, 0.25) is 0 Å². The minimum atomic E-state index is -0.204. The third-order valence-electron chi connectivity index (χ3n) is 11.0. The fraction of sp³-hybridized carbons (Fsp3) is 0. The number of thiophene rings is 1. The molecule has 12 aromatic rings. The van der Waals surface area contributed by atoms with Crippen molar-refractivity contribution in [3.05, 3.63) is 218 Å². The number of benzene rings is 9. The molecule has 4 nitrogen and oxygen atoms in total. The van der Waals surface area contributed by atoms with Crippen molar-refractivity contribution in [2.24, 2.45) is 0 Å². The van der Waals surface area contributed by atoms with Crippen molar-refractivity contribution >= 4 is 53.3 Å². The smallest absolute Gasteiger partial charge is 0.164 e. The number of aromatic nitrogens is 4. The van der Waals surface area contributed by atoms with Gasteiger partial charge in [-0.1, -0.05) is 170 Å². The van der Waals surface area contributed by atoms with E-state index in [1.54, 1.807) is 15.9 Å². The van der Waals surface area contributed by atoms with Crippen molar-refractivity contribution in [3.8, 4) is 73.2 Å². The summed E-state index contributed by atoms with van der Waals surface area (Å²) in [7, 11) is 0. The van der Waals surface area contributed by atoms with Crippen molar-refractivity contribution in [2.75, 3.05) is 0 Å². The highest BCUT2D eigenvalue weighted by Crippen LogP contribution is 2.45. The molecule has 0 saturated carbocycles. The zero-order chi connectivity index (χ0) is 49.7. The molecular weight excluding hydrogens is 773 g/mol. The normalized spacial score (nSPS) is 13.8. The molecule has 0 aliphatic carbocycles. The van der Waals surface area contributed by atoms with E-state index in [1.165, 1.54) is 36.4 Å². The van der Waals surface area contributed by atoms with Crippen LogP contribution in [-0.2, 0) is 0 Å². The molecule has 0 bridgehead atoms. The fourth-order valence-electron chi connectivity index (χ4n) is 8.14. The van der Waals surface area contributed by atoms with E-state index in [0.29, 0.717) is 34.3 Å². The minimum absolute atomic E-state index is 0.0394. The predicted octanol–water partition coefficient (Wildman–Crippen LogP) is 15.3. The van der Waals surface area contributed by atoms with Crippen LogP contribution in [0, 0.1) is 0 Å². The Balaban J connectivity index is 1.22. The van der Waals surface area contributed by atoms with Crippen LogP contribution in [0.4, 0.5) is 0 Å². The molecule has 0 unspecified atom stereocenters. The average Bonchev–Trinajstić information content (AvgIpc) is 3.95. The zero-order valence-corrected chi connectivity index (χ0v) is 33.5. The summed E-state index contributed by atoms with van der Waals surface area (Å²) in [5.41, 5.74) is 4.82. The first-order valence-electron chi connectivity index (χ1n) is 25.0. The number of hydrogen-bond acceptors (Lipinski definition) is 4. The molecule has 3 aromatic heterocycles. The Bertz CT molecular complexity index is 4000. The summed E-state index contributed by atoms with van der Waals surface area (Å²) in [5.74, 6) is 1.34. The number of fused-ring (bicyclic) bond motifs is 6. The largest absolute Gasteiger partial charge is 0.309 e. The lowest BCUT2D eigenvalue weighted by atomic mass is 9.98. The summed E-state index contributed by atoms with van der Waals surface area (Å²) < 4.78 is 95.4. The molecule has 3 heterocycles. The van der Waals surface area contributed by atoms with Gasteiger partial charge in [0.05, 0.1) is 30.4 Å². The van der Waals surface area contributed by atoms with Gasteiger partial charge in [0.1, 0.15) is 0 Å². The van der Waals surface area contributed by atoms with Crippen LogP contribution in [0.5, 0.6) is 0 Å². The van der Waals surface area contributed by atoms with Gasteiger partial charge in [-0.3, -0.25) is 0 Å². The zero-order valence-electron chi connectivity index (χ0n) is 42.7. The first-order valence-corrected chi connectivity index (χ1v) is 20.8. The summed E-state index contributed by atoms with van der Waals surface area (Å²) >= 11 is 1.63. The molecule has 0 N–H and O–H groups in total. The van der Waals surface area contributed by atoms with Crippen LogP contribution >= 0.6 is 11.3 Å². The molecule has 290 valence electrons. The Morgan fingerprint density at radius 2 is 0.919 bits per heavy atom.